The molecule has 0 fully saturated rings. The van der Waals surface area contributed by atoms with E-state index in [1.54, 1.807) is 12.1 Å². The van der Waals surface area contributed by atoms with E-state index in [9.17, 15) is 46.8 Å². The number of hydrogen-bond donors (Lipinski definition) is 1. The number of rotatable bonds is 6. The lowest BCUT2D eigenvalue weighted by atomic mass is 9.68. The first-order valence-corrected chi connectivity index (χ1v) is 21.9. The standard InChI is InChI=1S/2C24H11F3O6.CH4O3S/c2*25-24(26,27)23(12-4-2-1-3-5-12,13-6-8-15-17(10-13)21(30)32-19(15)28)14-7-9-16-18(11-14)22(31)33-20(16)29;1-5(2,3)4/h2*1-11H;1H3,(H,2,3,4). The van der Waals surface area contributed by atoms with Gasteiger partial charge >= 0.3 is 60.1 Å². The zero-order chi connectivity index (χ0) is 51.6. The second-order valence-electron chi connectivity index (χ2n) is 15.7. The minimum atomic E-state index is -4.98. The maximum absolute atomic E-state index is 15.1. The van der Waals surface area contributed by atoms with Crippen molar-refractivity contribution in [2.24, 2.45) is 0 Å². The second kappa shape index (κ2) is 17.4. The predicted molar refractivity (Wildman–Crippen MR) is 227 cm³/mol. The third-order valence-electron chi connectivity index (χ3n) is 11.6. The van der Waals surface area contributed by atoms with E-state index in [2.05, 4.69) is 18.9 Å². The lowest BCUT2D eigenvalue weighted by Gasteiger charge is -2.37. The second-order valence-corrected chi connectivity index (χ2v) is 17.2. The zero-order valence-corrected chi connectivity index (χ0v) is 36.4. The largest absolute Gasteiger partial charge is 0.406 e. The molecule has 4 aliphatic rings. The molecule has 15 nitrogen and oxygen atoms in total. The monoisotopic (exact) mass is 1000 g/mol. The summed E-state index contributed by atoms with van der Waals surface area (Å²) in [4.78, 5) is 95.6. The number of esters is 8. The molecule has 6 aromatic carbocycles. The highest BCUT2D eigenvalue weighted by Crippen LogP contribution is 2.54. The molecule has 360 valence electrons. The maximum atomic E-state index is 15.1. The summed E-state index contributed by atoms with van der Waals surface area (Å²) in [5, 5.41) is 0. The van der Waals surface area contributed by atoms with Crippen LogP contribution in [0.25, 0.3) is 0 Å². The van der Waals surface area contributed by atoms with Crippen LogP contribution in [0.4, 0.5) is 26.3 Å². The number of carbonyl (C=O) groups excluding carboxylic acids is 8. The number of cyclic esters (lactones) is 8. The summed E-state index contributed by atoms with van der Waals surface area (Å²) in [6, 6.07) is 26.5. The number of fused-ring (bicyclic) bond motifs is 4. The molecule has 0 atom stereocenters. The van der Waals surface area contributed by atoms with E-state index < -0.39 is 81.1 Å². The average Bonchev–Trinajstić information content (AvgIpc) is 3.97. The number of ether oxygens (including phenoxy) is 4. The van der Waals surface area contributed by atoms with Gasteiger partial charge in [0, 0.05) is 0 Å². The van der Waals surface area contributed by atoms with Crippen molar-refractivity contribution < 1.29 is 96.6 Å². The van der Waals surface area contributed by atoms with Gasteiger partial charge in [0.1, 0.15) is 10.8 Å². The third-order valence-corrected chi connectivity index (χ3v) is 11.6. The molecule has 10 rings (SSSR count). The molecule has 0 saturated carbocycles. The predicted octanol–water partition coefficient (Wildman–Crippen LogP) is 7.91. The Kier molecular flexibility index (Phi) is 12.0. The summed E-state index contributed by atoms with van der Waals surface area (Å²) in [5.41, 5.74) is -9.33. The molecule has 4 heterocycles. The van der Waals surface area contributed by atoms with Gasteiger partial charge < -0.3 is 18.9 Å². The van der Waals surface area contributed by atoms with Crippen molar-refractivity contribution in [1.82, 2.24) is 0 Å². The first-order chi connectivity index (χ1) is 33.3. The van der Waals surface area contributed by atoms with Gasteiger partial charge in [0.2, 0.25) is 0 Å². The number of benzene rings is 6. The summed E-state index contributed by atoms with van der Waals surface area (Å²) in [7, 11) is -3.67. The first kappa shape index (κ1) is 48.8. The summed E-state index contributed by atoms with van der Waals surface area (Å²) < 4.78 is 135. The maximum Gasteiger partial charge on any atom is 0.406 e. The fraction of sp³-hybridized carbons (Fsp3) is 0.102. The number of carbonyl (C=O) groups is 8. The summed E-state index contributed by atoms with van der Waals surface area (Å²) in [5.74, 6) is -7.99. The van der Waals surface area contributed by atoms with Gasteiger partial charge in [0.05, 0.1) is 50.8 Å². The van der Waals surface area contributed by atoms with Gasteiger partial charge in [-0.15, -0.1) is 0 Å². The molecule has 4 aliphatic heterocycles. The Morgan fingerprint density at radius 1 is 0.338 bits per heavy atom. The Labute approximate surface area is 394 Å². The highest BCUT2D eigenvalue weighted by atomic mass is 32.2. The van der Waals surface area contributed by atoms with E-state index in [4.69, 9.17) is 4.55 Å². The van der Waals surface area contributed by atoms with Crippen LogP contribution in [0, 0.1) is 0 Å². The van der Waals surface area contributed by atoms with Crippen molar-refractivity contribution in [3.8, 4) is 0 Å². The zero-order valence-electron chi connectivity index (χ0n) is 35.5. The number of alkyl halides is 6. The van der Waals surface area contributed by atoms with E-state index in [-0.39, 0.29) is 77.9 Å². The fourth-order valence-corrected chi connectivity index (χ4v) is 8.63. The van der Waals surface area contributed by atoms with Crippen LogP contribution in [0.3, 0.4) is 0 Å². The Morgan fingerprint density at radius 2 is 0.535 bits per heavy atom. The minimum Gasteiger partial charge on any atom is -0.386 e. The van der Waals surface area contributed by atoms with Crippen LogP contribution in [0.1, 0.15) is 116 Å². The van der Waals surface area contributed by atoms with Crippen molar-refractivity contribution in [1.29, 1.82) is 0 Å². The summed E-state index contributed by atoms with van der Waals surface area (Å²) in [6.45, 7) is 0. The van der Waals surface area contributed by atoms with Gasteiger partial charge in [-0.05, 0) is 81.9 Å². The Hall–Kier alpha value is -8.63. The number of hydrogen-bond acceptors (Lipinski definition) is 14. The fourth-order valence-electron chi connectivity index (χ4n) is 8.63. The molecule has 0 aliphatic carbocycles. The lowest BCUT2D eigenvalue weighted by Crippen LogP contribution is -2.44. The van der Waals surface area contributed by atoms with Gasteiger partial charge in [-0.2, -0.15) is 34.8 Å². The molecule has 71 heavy (non-hydrogen) atoms. The van der Waals surface area contributed by atoms with Gasteiger partial charge in [0.15, 0.2) is 0 Å². The smallest absolute Gasteiger partial charge is 0.386 e. The molecule has 0 spiro atoms. The average molecular weight is 1000 g/mol. The Morgan fingerprint density at radius 3 is 0.732 bits per heavy atom. The molecule has 22 heteroatoms. The van der Waals surface area contributed by atoms with Crippen LogP contribution in [-0.2, 0) is 39.9 Å². The topological polar surface area (TPSA) is 228 Å². The highest BCUT2D eigenvalue weighted by Gasteiger charge is 2.60. The van der Waals surface area contributed by atoms with Crippen molar-refractivity contribution in [3.05, 3.63) is 211 Å². The Bertz CT molecular complexity index is 3060. The third kappa shape index (κ3) is 8.31. The van der Waals surface area contributed by atoms with Crippen molar-refractivity contribution in [2.75, 3.05) is 6.26 Å². The summed E-state index contributed by atoms with van der Waals surface area (Å²) >= 11 is 0. The van der Waals surface area contributed by atoms with E-state index in [1.807, 2.05) is 0 Å². The molecule has 1 N–H and O–H groups in total. The van der Waals surface area contributed by atoms with Crippen LogP contribution < -0.4 is 0 Å². The van der Waals surface area contributed by atoms with Crippen LogP contribution in [0.15, 0.2) is 133 Å². The lowest BCUT2D eigenvalue weighted by molar-refractivity contribution is -0.167. The molecule has 0 radical (unpaired) electrons. The van der Waals surface area contributed by atoms with Gasteiger partial charge in [-0.25, -0.2) is 38.4 Å². The van der Waals surface area contributed by atoms with Crippen LogP contribution in [0.5, 0.6) is 0 Å². The molecule has 0 aromatic heterocycles. The molecule has 0 unspecified atom stereocenters. The molecule has 0 saturated heterocycles. The molecular weight excluding hydrogens is 975 g/mol. The van der Waals surface area contributed by atoms with Crippen molar-refractivity contribution >= 4 is 57.9 Å². The Balaban J connectivity index is 0.000000174. The first-order valence-electron chi connectivity index (χ1n) is 20.1. The van der Waals surface area contributed by atoms with Crippen molar-refractivity contribution in [3.63, 3.8) is 0 Å². The molecular formula is C49H26F6O15S. The van der Waals surface area contributed by atoms with E-state index in [1.165, 1.54) is 48.5 Å². The minimum absolute atomic E-state index is 0.143. The van der Waals surface area contributed by atoms with E-state index in [0.717, 1.165) is 72.8 Å². The van der Waals surface area contributed by atoms with Crippen LogP contribution in [0.2, 0.25) is 0 Å². The highest BCUT2D eigenvalue weighted by molar-refractivity contribution is 7.85. The van der Waals surface area contributed by atoms with E-state index >= 15 is 26.3 Å². The van der Waals surface area contributed by atoms with Crippen LogP contribution in [-0.4, -0.2) is 79.3 Å². The number of halogens is 6. The normalized spacial score (nSPS) is 15.0. The van der Waals surface area contributed by atoms with Gasteiger partial charge in [0.25, 0.3) is 10.1 Å². The molecule has 0 bridgehead atoms. The summed E-state index contributed by atoms with van der Waals surface area (Å²) in [6.07, 6.45) is -9.24. The molecule has 6 aromatic rings. The van der Waals surface area contributed by atoms with E-state index in [0.29, 0.717) is 6.26 Å². The van der Waals surface area contributed by atoms with Gasteiger partial charge in [-0.1, -0.05) is 84.9 Å². The SMILES string of the molecule is CS(=O)(=O)O.O=C1OC(=O)c2cc(C(c3ccccc3)(c3ccc4c(c3)C(=O)OC4=O)C(F)(F)F)ccc21.O=C1OC(=O)c2cc(C(c3ccccc3)(c3ccc4c(c3)C(=O)OC4=O)C(F)(F)F)ccc21. The van der Waals surface area contributed by atoms with Crippen LogP contribution >= 0.6 is 0 Å². The quantitative estimate of drug-likeness (QED) is 0.0417. The van der Waals surface area contributed by atoms with Crippen molar-refractivity contribution in [2.45, 2.75) is 23.2 Å². The molecule has 0 amide bonds. The van der Waals surface area contributed by atoms with Gasteiger partial charge in [-0.3, -0.25) is 4.55 Å².